The third-order valence-corrected chi connectivity index (χ3v) is 1.78. The van der Waals surface area contributed by atoms with Gasteiger partial charge in [0.15, 0.2) is 6.10 Å². The molecule has 1 aromatic carbocycles. The summed E-state index contributed by atoms with van der Waals surface area (Å²) in [6, 6.07) is 6.93. The second kappa shape index (κ2) is 4.99. The molecule has 0 bridgehead atoms. The van der Waals surface area contributed by atoms with E-state index in [-0.39, 0.29) is 0 Å². The molecule has 0 amide bonds. The van der Waals surface area contributed by atoms with Gasteiger partial charge in [-0.2, -0.15) is 5.10 Å². The molecule has 0 spiro atoms. The fourth-order valence-corrected chi connectivity index (χ4v) is 1.02. The van der Waals surface area contributed by atoms with Crippen molar-refractivity contribution in [3.05, 3.63) is 29.8 Å². The van der Waals surface area contributed by atoms with Gasteiger partial charge < -0.3 is 15.7 Å². The maximum atomic E-state index is 10.6. The Morgan fingerprint density at radius 2 is 2.27 bits per heavy atom. The van der Waals surface area contributed by atoms with Crippen molar-refractivity contribution in [3.63, 3.8) is 0 Å². The average molecular weight is 208 g/mol. The van der Waals surface area contributed by atoms with Gasteiger partial charge in [0.05, 0.1) is 6.21 Å². The molecule has 0 fully saturated rings. The second-order valence-electron chi connectivity index (χ2n) is 2.91. The molecular weight excluding hydrogens is 196 g/mol. The van der Waals surface area contributed by atoms with Crippen LogP contribution in [0, 0.1) is 0 Å². The summed E-state index contributed by atoms with van der Waals surface area (Å²) in [4.78, 5) is 10.6. The molecule has 0 radical (unpaired) electrons. The minimum atomic E-state index is -1.02. The lowest BCUT2D eigenvalue weighted by Gasteiger charge is -2.11. The van der Waals surface area contributed by atoms with Crippen molar-refractivity contribution in [1.29, 1.82) is 0 Å². The number of carboxylic acids is 1. The topological polar surface area (TPSA) is 84.9 Å². The van der Waals surface area contributed by atoms with Crippen molar-refractivity contribution in [2.75, 3.05) is 0 Å². The normalized spacial score (nSPS) is 12.6. The largest absolute Gasteiger partial charge is 0.479 e. The molecule has 0 aliphatic carbocycles. The van der Waals surface area contributed by atoms with Crippen LogP contribution in [-0.2, 0) is 4.79 Å². The van der Waals surface area contributed by atoms with Crippen molar-refractivity contribution < 1.29 is 14.6 Å². The number of nitrogens with zero attached hydrogens (tertiary/aromatic N) is 1. The maximum absolute atomic E-state index is 10.6. The zero-order valence-electron chi connectivity index (χ0n) is 8.25. The van der Waals surface area contributed by atoms with E-state index in [2.05, 4.69) is 5.10 Å². The third-order valence-electron chi connectivity index (χ3n) is 1.78. The van der Waals surface area contributed by atoms with Crippen molar-refractivity contribution in [2.24, 2.45) is 10.9 Å². The Labute approximate surface area is 87.2 Å². The summed E-state index contributed by atoms with van der Waals surface area (Å²) < 4.78 is 5.21. The number of ether oxygens (including phenoxy) is 1. The fraction of sp³-hybridized carbons (Fsp3) is 0.200. The van der Waals surface area contributed by atoms with Gasteiger partial charge in [0.2, 0.25) is 0 Å². The van der Waals surface area contributed by atoms with Crippen molar-refractivity contribution in [1.82, 2.24) is 0 Å². The Hall–Kier alpha value is -2.04. The number of aliphatic carboxylic acids is 1. The molecule has 1 rings (SSSR count). The molecule has 0 aliphatic heterocycles. The van der Waals surface area contributed by atoms with Crippen molar-refractivity contribution in [3.8, 4) is 5.75 Å². The SMILES string of the molecule is CC(Oc1ccccc1C=NN)C(=O)O. The molecule has 0 aliphatic rings. The molecule has 15 heavy (non-hydrogen) atoms. The van der Waals surface area contributed by atoms with Crippen LogP contribution in [0.25, 0.3) is 0 Å². The van der Waals surface area contributed by atoms with Gasteiger partial charge in [-0.05, 0) is 19.1 Å². The molecule has 0 saturated heterocycles. The number of para-hydroxylation sites is 1. The number of hydrogen-bond donors (Lipinski definition) is 2. The highest BCUT2D eigenvalue weighted by atomic mass is 16.5. The number of benzene rings is 1. The predicted octanol–water partition coefficient (Wildman–Crippen LogP) is 0.831. The van der Waals surface area contributed by atoms with Gasteiger partial charge in [0.25, 0.3) is 0 Å². The summed E-state index contributed by atoms with van der Waals surface area (Å²) in [5.41, 5.74) is 0.646. The third kappa shape index (κ3) is 2.98. The zero-order valence-corrected chi connectivity index (χ0v) is 8.25. The average Bonchev–Trinajstić information content (AvgIpc) is 2.21. The van der Waals surface area contributed by atoms with E-state index in [0.29, 0.717) is 11.3 Å². The Morgan fingerprint density at radius 3 is 2.87 bits per heavy atom. The molecule has 3 N–H and O–H groups in total. The number of carbonyl (C=O) groups is 1. The first-order valence-corrected chi connectivity index (χ1v) is 4.37. The van der Waals surface area contributed by atoms with E-state index in [1.807, 2.05) is 0 Å². The minimum absolute atomic E-state index is 0.446. The first-order chi connectivity index (χ1) is 7.15. The molecule has 1 aromatic rings. The van der Waals surface area contributed by atoms with Crippen LogP contribution in [0.2, 0.25) is 0 Å². The maximum Gasteiger partial charge on any atom is 0.344 e. The second-order valence-corrected chi connectivity index (χ2v) is 2.91. The fourth-order valence-electron chi connectivity index (χ4n) is 1.02. The van der Waals surface area contributed by atoms with Gasteiger partial charge in [-0.1, -0.05) is 12.1 Å². The Balaban J connectivity index is 2.88. The van der Waals surface area contributed by atoms with Crippen LogP contribution in [-0.4, -0.2) is 23.4 Å². The number of hydrogen-bond acceptors (Lipinski definition) is 4. The van der Waals surface area contributed by atoms with E-state index < -0.39 is 12.1 Å². The van der Waals surface area contributed by atoms with E-state index in [9.17, 15) is 4.79 Å². The van der Waals surface area contributed by atoms with Crippen LogP contribution in [0.4, 0.5) is 0 Å². The van der Waals surface area contributed by atoms with Crippen molar-refractivity contribution in [2.45, 2.75) is 13.0 Å². The van der Waals surface area contributed by atoms with E-state index in [4.69, 9.17) is 15.7 Å². The van der Waals surface area contributed by atoms with E-state index >= 15 is 0 Å². The first-order valence-electron chi connectivity index (χ1n) is 4.37. The summed E-state index contributed by atoms with van der Waals surface area (Å²) in [5, 5.41) is 12.0. The molecule has 1 atom stereocenters. The number of hydrazone groups is 1. The Kier molecular flexibility index (Phi) is 3.68. The summed E-state index contributed by atoms with van der Waals surface area (Å²) in [7, 11) is 0. The predicted molar refractivity (Wildman–Crippen MR) is 55.9 cm³/mol. The van der Waals surface area contributed by atoms with E-state index in [1.165, 1.54) is 13.1 Å². The summed E-state index contributed by atoms with van der Waals surface area (Å²) in [6.45, 7) is 1.46. The van der Waals surface area contributed by atoms with Crippen LogP contribution in [0.1, 0.15) is 12.5 Å². The number of nitrogens with two attached hydrogens (primary N) is 1. The van der Waals surface area contributed by atoms with E-state index in [1.54, 1.807) is 24.3 Å². The zero-order chi connectivity index (χ0) is 11.3. The molecule has 80 valence electrons. The van der Waals surface area contributed by atoms with Gasteiger partial charge in [-0.3, -0.25) is 0 Å². The summed E-state index contributed by atoms with van der Waals surface area (Å²) in [6.07, 6.45) is 0.501. The molecule has 0 saturated carbocycles. The molecular formula is C10H12N2O3. The van der Waals surface area contributed by atoms with Crippen LogP contribution in [0.15, 0.2) is 29.4 Å². The number of carboxylic acid groups (broad SMARTS) is 1. The quantitative estimate of drug-likeness (QED) is 0.436. The molecule has 0 heterocycles. The lowest BCUT2D eigenvalue weighted by atomic mass is 10.2. The summed E-state index contributed by atoms with van der Waals surface area (Å²) >= 11 is 0. The van der Waals surface area contributed by atoms with Crippen LogP contribution >= 0.6 is 0 Å². The molecule has 1 unspecified atom stereocenters. The molecule has 5 nitrogen and oxygen atoms in total. The monoisotopic (exact) mass is 208 g/mol. The highest BCUT2D eigenvalue weighted by Gasteiger charge is 2.13. The smallest absolute Gasteiger partial charge is 0.344 e. The van der Waals surface area contributed by atoms with Gasteiger partial charge in [-0.25, -0.2) is 4.79 Å². The Bertz CT molecular complexity index is 377. The highest BCUT2D eigenvalue weighted by Crippen LogP contribution is 2.17. The minimum Gasteiger partial charge on any atom is -0.479 e. The molecule has 0 aromatic heterocycles. The highest BCUT2D eigenvalue weighted by molar-refractivity contribution is 5.83. The van der Waals surface area contributed by atoms with Crippen LogP contribution < -0.4 is 10.6 Å². The van der Waals surface area contributed by atoms with Crippen LogP contribution in [0.3, 0.4) is 0 Å². The standard InChI is InChI=1S/C10H12N2O3/c1-7(10(13)14)15-9-5-3-2-4-8(9)6-12-11/h2-7H,11H2,1H3,(H,13,14). The van der Waals surface area contributed by atoms with Gasteiger partial charge in [-0.15, -0.1) is 0 Å². The lowest BCUT2D eigenvalue weighted by Crippen LogP contribution is -2.23. The number of rotatable bonds is 4. The van der Waals surface area contributed by atoms with Gasteiger partial charge in [0.1, 0.15) is 5.75 Å². The first kappa shape index (κ1) is 11.0. The van der Waals surface area contributed by atoms with Gasteiger partial charge >= 0.3 is 5.97 Å². The van der Waals surface area contributed by atoms with E-state index in [0.717, 1.165) is 0 Å². The van der Waals surface area contributed by atoms with Crippen LogP contribution in [0.5, 0.6) is 5.75 Å². The lowest BCUT2D eigenvalue weighted by molar-refractivity contribution is -0.144. The van der Waals surface area contributed by atoms with Crippen molar-refractivity contribution >= 4 is 12.2 Å². The Morgan fingerprint density at radius 1 is 1.60 bits per heavy atom. The van der Waals surface area contributed by atoms with Gasteiger partial charge in [0, 0.05) is 5.56 Å². The molecule has 5 heteroatoms. The summed E-state index contributed by atoms with van der Waals surface area (Å²) in [5.74, 6) is 4.44.